The van der Waals surface area contributed by atoms with Crippen LogP contribution in [0, 0.1) is 0 Å². The largest absolute Gasteiger partial charge is 0.256 e. The molecule has 0 N–H and O–H groups in total. The molecule has 0 radical (unpaired) electrons. The van der Waals surface area contributed by atoms with E-state index in [2.05, 4.69) is 140 Å². The molecule has 0 atom stereocenters. The Morgan fingerprint density at radius 2 is 0.815 bits per heavy atom. The summed E-state index contributed by atoms with van der Waals surface area (Å²) in [5.41, 5.74) is 6.07. The number of pyridine rings is 1. The van der Waals surface area contributed by atoms with Gasteiger partial charge in [-0.3, -0.25) is 4.98 Å². The summed E-state index contributed by atoms with van der Waals surface area (Å²) < 4.78 is 0. The van der Waals surface area contributed by atoms with Gasteiger partial charge in [-0.05, 0) is 89.9 Å². The van der Waals surface area contributed by atoms with E-state index in [4.69, 9.17) is 19.9 Å². The minimum Gasteiger partial charge on any atom is -0.256 e. The van der Waals surface area contributed by atoms with Crippen molar-refractivity contribution in [1.82, 2.24) is 19.9 Å². The minimum absolute atomic E-state index is 0.618. The van der Waals surface area contributed by atoms with Crippen LogP contribution in [0.15, 0.2) is 182 Å². The number of aromatic nitrogens is 4. The van der Waals surface area contributed by atoms with Crippen LogP contribution in [0.1, 0.15) is 0 Å². The van der Waals surface area contributed by atoms with Gasteiger partial charge in [0.2, 0.25) is 0 Å². The fraction of sp³-hybridized carbons (Fsp3) is 0. The van der Waals surface area contributed by atoms with Gasteiger partial charge in [0.1, 0.15) is 0 Å². The maximum absolute atomic E-state index is 5.18. The Morgan fingerprint density at radius 1 is 0.278 bits per heavy atom. The van der Waals surface area contributed by atoms with Crippen LogP contribution >= 0.6 is 0 Å². The van der Waals surface area contributed by atoms with E-state index in [-0.39, 0.29) is 0 Å². The number of benzene rings is 9. The second-order valence-corrected chi connectivity index (χ2v) is 13.8. The highest BCUT2D eigenvalue weighted by molar-refractivity contribution is 6.25. The van der Waals surface area contributed by atoms with Gasteiger partial charge < -0.3 is 0 Å². The van der Waals surface area contributed by atoms with Crippen molar-refractivity contribution in [3.63, 3.8) is 0 Å². The fourth-order valence-corrected chi connectivity index (χ4v) is 8.09. The standard InChI is InChI=1S/C50H30N4/c1-2-11-32(12-3-1)48-52-49(54-50(53-48)46-30-35-13-4-5-14-38(35)47-44(46)19-10-26-51-47)36-23-21-31-20-22-33(27-37(31)28-36)34-24-25-43-41-17-7-6-15-39(41)40-16-8-9-18-42(40)45(43)29-34/h1-30H. The molecule has 9 aromatic carbocycles. The molecule has 0 spiro atoms. The van der Waals surface area contributed by atoms with Crippen molar-refractivity contribution in [2.45, 2.75) is 0 Å². The van der Waals surface area contributed by atoms with Gasteiger partial charge in [0.25, 0.3) is 0 Å². The molecule has 0 saturated carbocycles. The van der Waals surface area contributed by atoms with Crippen LogP contribution in [0.3, 0.4) is 0 Å². The second-order valence-electron chi connectivity index (χ2n) is 13.8. The fourth-order valence-electron chi connectivity index (χ4n) is 8.09. The topological polar surface area (TPSA) is 51.6 Å². The second kappa shape index (κ2) is 12.1. The molecule has 0 unspecified atom stereocenters. The molecule has 54 heavy (non-hydrogen) atoms. The summed E-state index contributed by atoms with van der Waals surface area (Å²) in [5, 5.41) is 13.1. The lowest BCUT2D eigenvalue weighted by Crippen LogP contribution is -2.01. The van der Waals surface area contributed by atoms with Crippen molar-refractivity contribution in [3.8, 4) is 45.3 Å². The van der Waals surface area contributed by atoms with Gasteiger partial charge in [0.15, 0.2) is 17.5 Å². The predicted molar refractivity (Wildman–Crippen MR) is 224 cm³/mol. The number of fused-ring (bicyclic) bond motifs is 10. The summed E-state index contributed by atoms with van der Waals surface area (Å²) in [6.07, 6.45) is 1.85. The van der Waals surface area contributed by atoms with E-state index >= 15 is 0 Å². The first-order valence-corrected chi connectivity index (χ1v) is 18.2. The minimum atomic E-state index is 0.618. The molecule has 0 fully saturated rings. The molecule has 0 aliphatic carbocycles. The summed E-state index contributed by atoms with van der Waals surface area (Å²) in [6.45, 7) is 0. The van der Waals surface area contributed by atoms with Gasteiger partial charge >= 0.3 is 0 Å². The lowest BCUT2D eigenvalue weighted by atomic mass is 9.91. The van der Waals surface area contributed by atoms with Crippen molar-refractivity contribution in [3.05, 3.63) is 182 Å². The summed E-state index contributed by atoms with van der Waals surface area (Å²) in [5.74, 6) is 1.87. The maximum Gasteiger partial charge on any atom is 0.164 e. The third-order valence-electron chi connectivity index (χ3n) is 10.7. The smallest absolute Gasteiger partial charge is 0.164 e. The quantitative estimate of drug-likeness (QED) is 0.173. The van der Waals surface area contributed by atoms with Crippen LogP contribution < -0.4 is 0 Å². The molecule has 2 heterocycles. The lowest BCUT2D eigenvalue weighted by Gasteiger charge is -2.13. The summed E-state index contributed by atoms with van der Waals surface area (Å²) in [7, 11) is 0. The van der Waals surface area contributed by atoms with E-state index in [1.807, 2.05) is 42.6 Å². The van der Waals surface area contributed by atoms with Crippen LogP contribution in [0.4, 0.5) is 0 Å². The average molecular weight is 687 g/mol. The number of rotatable bonds is 4. The summed E-state index contributed by atoms with van der Waals surface area (Å²) in [6, 6.07) is 62.3. The number of hydrogen-bond acceptors (Lipinski definition) is 4. The van der Waals surface area contributed by atoms with Crippen molar-refractivity contribution in [2.75, 3.05) is 0 Å². The average Bonchev–Trinajstić information content (AvgIpc) is 3.26. The number of hydrogen-bond donors (Lipinski definition) is 0. The van der Waals surface area contributed by atoms with Crippen LogP contribution in [0.2, 0.25) is 0 Å². The lowest BCUT2D eigenvalue weighted by molar-refractivity contribution is 1.08. The Morgan fingerprint density at radius 3 is 1.57 bits per heavy atom. The van der Waals surface area contributed by atoms with Crippen molar-refractivity contribution >= 4 is 64.8 Å². The molecule has 0 aliphatic rings. The van der Waals surface area contributed by atoms with E-state index in [0.717, 1.165) is 54.7 Å². The molecule has 0 bridgehead atoms. The highest BCUT2D eigenvalue weighted by atomic mass is 15.0. The summed E-state index contributed by atoms with van der Waals surface area (Å²) in [4.78, 5) is 20.1. The molecule has 0 saturated heterocycles. The van der Waals surface area contributed by atoms with Crippen LogP contribution in [0.5, 0.6) is 0 Å². The Kier molecular flexibility index (Phi) is 6.82. The molecule has 4 heteroatoms. The molecule has 11 rings (SSSR count). The summed E-state index contributed by atoms with van der Waals surface area (Å²) >= 11 is 0. The first kappa shape index (κ1) is 30.3. The van der Waals surface area contributed by atoms with Gasteiger partial charge in [-0.25, -0.2) is 15.0 Å². The zero-order valence-electron chi connectivity index (χ0n) is 29.1. The predicted octanol–water partition coefficient (Wildman–Crippen LogP) is 12.9. The molecule has 4 nitrogen and oxygen atoms in total. The third-order valence-corrected chi connectivity index (χ3v) is 10.7. The van der Waals surface area contributed by atoms with Gasteiger partial charge in [-0.15, -0.1) is 0 Å². The normalized spacial score (nSPS) is 11.7. The van der Waals surface area contributed by atoms with E-state index < -0.39 is 0 Å². The molecule has 0 amide bonds. The van der Waals surface area contributed by atoms with Crippen molar-refractivity contribution < 1.29 is 0 Å². The first-order valence-electron chi connectivity index (χ1n) is 18.2. The zero-order chi connectivity index (χ0) is 35.6. The van der Waals surface area contributed by atoms with E-state index in [1.165, 1.54) is 37.9 Å². The van der Waals surface area contributed by atoms with E-state index in [0.29, 0.717) is 17.5 Å². The maximum atomic E-state index is 5.18. The SMILES string of the molecule is c1ccc(-c2nc(-c3ccc4ccc(-c5ccc6c7ccccc7c7ccccc7c6c5)cc4c3)nc(-c3cc4ccccc4c4ncccc34)n2)cc1. The van der Waals surface area contributed by atoms with Crippen LogP contribution in [-0.2, 0) is 0 Å². The highest BCUT2D eigenvalue weighted by Crippen LogP contribution is 2.38. The third kappa shape index (κ3) is 4.92. The Bertz CT molecular complexity index is 3240. The van der Waals surface area contributed by atoms with Crippen molar-refractivity contribution in [1.29, 1.82) is 0 Å². The van der Waals surface area contributed by atoms with Gasteiger partial charge in [-0.2, -0.15) is 0 Å². The van der Waals surface area contributed by atoms with Gasteiger partial charge in [0.05, 0.1) is 5.52 Å². The first-order chi connectivity index (χ1) is 26.7. The monoisotopic (exact) mass is 686 g/mol. The Labute approximate surface area is 311 Å². The molecular weight excluding hydrogens is 657 g/mol. The Hall–Kier alpha value is -7.30. The van der Waals surface area contributed by atoms with Gasteiger partial charge in [-0.1, -0.05) is 146 Å². The number of nitrogens with zero attached hydrogens (tertiary/aromatic N) is 4. The molecule has 11 aromatic rings. The van der Waals surface area contributed by atoms with E-state index in [9.17, 15) is 0 Å². The molecular formula is C50H30N4. The van der Waals surface area contributed by atoms with Crippen LogP contribution in [-0.4, -0.2) is 19.9 Å². The van der Waals surface area contributed by atoms with E-state index in [1.54, 1.807) is 0 Å². The molecule has 2 aromatic heterocycles. The molecule has 250 valence electrons. The Balaban J connectivity index is 1.08. The highest BCUT2D eigenvalue weighted by Gasteiger charge is 2.17. The molecule has 0 aliphatic heterocycles. The zero-order valence-corrected chi connectivity index (χ0v) is 29.1. The van der Waals surface area contributed by atoms with Crippen molar-refractivity contribution in [2.24, 2.45) is 0 Å². The van der Waals surface area contributed by atoms with Gasteiger partial charge in [0, 0.05) is 33.7 Å². The van der Waals surface area contributed by atoms with Crippen LogP contribution in [0.25, 0.3) is 110 Å².